The molecule has 0 unspecified atom stereocenters. The van der Waals surface area contributed by atoms with E-state index in [4.69, 9.17) is 5.73 Å². The van der Waals surface area contributed by atoms with Gasteiger partial charge in [-0.1, -0.05) is 12.8 Å². The number of rotatable bonds is 4. The molecular formula is C18H19F2N3O2S. The molecule has 1 aliphatic rings. The molecular weight excluding hydrogens is 360 g/mol. The topological polar surface area (TPSA) is 84.2 Å². The van der Waals surface area contributed by atoms with Gasteiger partial charge in [0.05, 0.1) is 15.4 Å². The zero-order chi connectivity index (χ0) is 18.8. The van der Waals surface area contributed by atoms with Crippen molar-refractivity contribution in [3.05, 3.63) is 45.8 Å². The van der Waals surface area contributed by atoms with Gasteiger partial charge in [-0.15, -0.1) is 11.3 Å². The van der Waals surface area contributed by atoms with E-state index >= 15 is 0 Å². The van der Waals surface area contributed by atoms with Gasteiger partial charge in [0.1, 0.15) is 0 Å². The highest BCUT2D eigenvalue weighted by Crippen LogP contribution is 2.32. The van der Waals surface area contributed by atoms with Crippen LogP contribution in [0.2, 0.25) is 0 Å². The van der Waals surface area contributed by atoms with Crippen LogP contribution in [-0.2, 0) is 0 Å². The fourth-order valence-electron chi connectivity index (χ4n) is 3.12. The van der Waals surface area contributed by atoms with Gasteiger partial charge >= 0.3 is 0 Å². The molecule has 0 bridgehead atoms. The average molecular weight is 379 g/mol. The van der Waals surface area contributed by atoms with Crippen LogP contribution in [0.4, 0.5) is 19.5 Å². The Hall–Kier alpha value is -2.48. The summed E-state index contributed by atoms with van der Waals surface area (Å²) in [7, 11) is 0. The summed E-state index contributed by atoms with van der Waals surface area (Å²) in [5, 5.41) is 5.71. The van der Waals surface area contributed by atoms with E-state index in [0.717, 1.165) is 49.2 Å². The lowest BCUT2D eigenvalue weighted by atomic mass is 10.1. The molecule has 0 atom stereocenters. The highest BCUT2D eigenvalue weighted by Gasteiger charge is 2.26. The Morgan fingerprint density at radius 3 is 2.50 bits per heavy atom. The zero-order valence-electron chi connectivity index (χ0n) is 14.2. The summed E-state index contributed by atoms with van der Waals surface area (Å²) >= 11 is 0.999. The number of amides is 2. The first kappa shape index (κ1) is 18.3. The Balaban J connectivity index is 1.78. The number of thiophene rings is 1. The van der Waals surface area contributed by atoms with Crippen LogP contribution in [0.5, 0.6) is 0 Å². The summed E-state index contributed by atoms with van der Waals surface area (Å²) in [6.45, 7) is 1.65. The minimum atomic E-state index is -1.05. The summed E-state index contributed by atoms with van der Waals surface area (Å²) < 4.78 is 26.3. The molecule has 0 aliphatic heterocycles. The summed E-state index contributed by atoms with van der Waals surface area (Å²) in [6.07, 6.45) is 4.06. The Morgan fingerprint density at radius 2 is 1.85 bits per heavy atom. The van der Waals surface area contributed by atoms with Crippen molar-refractivity contribution in [2.45, 2.75) is 38.6 Å². The third kappa shape index (κ3) is 3.70. The maximum atomic E-state index is 13.3. The second kappa shape index (κ2) is 7.41. The van der Waals surface area contributed by atoms with Crippen molar-refractivity contribution in [2.24, 2.45) is 0 Å². The number of carbonyl (C=O) groups excluding carboxylic acids is 2. The van der Waals surface area contributed by atoms with Crippen molar-refractivity contribution in [1.29, 1.82) is 0 Å². The number of hydrogen-bond acceptors (Lipinski definition) is 4. The van der Waals surface area contributed by atoms with E-state index < -0.39 is 17.5 Å². The van der Waals surface area contributed by atoms with E-state index in [1.165, 1.54) is 6.07 Å². The molecule has 0 radical (unpaired) electrons. The number of nitrogens with two attached hydrogens (primary N) is 1. The molecule has 138 valence electrons. The SMILES string of the molecule is Cc1c(C(=O)Nc2ccc(F)c(F)c2)sc(N)c1C(=O)NC1CCCC1. The standard InChI is InChI=1S/C18H19F2N3O2S/c1-9-14(17(24)22-10-4-2-3-5-10)16(21)26-15(9)18(25)23-11-6-7-12(19)13(20)8-11/h6-8,10H,2-5,21H2,1H3,(H,22,24)(H,23,25). The Kier molecular flexibility index (Phi) is 5.22. The van der Waals surface area contributed by atoms with Crippen LogP contribution in [-0.4, -0.2) is 17.9 Å². The van der Waals surface area contributed by atoms with Gasteiger partial charge in [0.2, 0.25) is 0 Å². The third-order valence-electron chi connectivity index (χ3n) is 4.48. The quantitative estimate of drug-likeness (QED) is 0.755. The Labute approximate surface area is 153 Å². The summed E-state index contributed by atoms with van der Waals surface area (Å²) in [6, 6.07) is 3.23. The number of halogens is 2. The number of anilines is 2. The Morgan fingerprint density at radius 1 is 1.15 bits per heavy atom. The molecule has 2 amide bonds. The Bertz CT molecular complexity index is 860. The molecule has 1 aromatic carbocycles. The molecule has 1 aliphatic carbocycles. The zero-order valence-corrected chi connectivity index (χ0v) is 15.0. The van der Waals surface area contributed by atoms with Gasteiger partial charge in [0, 0.05) is 17.8 Å². The first-order valence-corrected chi connectivity index (χ1v) is 9.14. The largest absolute Gasteiger partial charge is 0.390 e. The van der Waals surface area contributed by atoms with Crippen molar-refractivity contribution < 1.29 is 18.4 Å². The van der Waals surface area contributed by atoms with Crippen LogP contribution in [0, 0.1) is 18.6 Å². The smallest absolute Gasteiger partial charge is 0.266 e. The second-order valence-corrected chi connectivity index (χ2v) is 7.39. The lowest BCUT2D eigenvalue weighted by molar-refractivity contribution is 0.0938. The monoisotopic (exact) mass is 379 g/mol. The van der Waals surface area contributed by atoms with Gasteiger partial charge in [-0.3, -0.25) is 9.59 Å². The van der Waals surface area contributed by atoms with E-state index in [1.54, 1.807) is 6.92 Å². The third-order valence-corrected chi connectivity index (χ3v) is 5.59. The van der Waals surface area contributed by atoms with Crippen LogP contribution in [0.25, 0.3) is 0 Å². The van der Waals surface area contributed by atoms with E-state index in [9.17, 15) is 18.4 Å². The predicted octanol–water partition coefficient (Wildman–Crippen LogP) is 3.84. The first-order valence-electron chi connectivity index (χ1n) is 8.33. The summed E-state index contributed by atoms with van der Waals surface area (Å²) in [5.41, 5.74) is 6.86. The normalized spacial score (nSPS) is 14.4. The van der Waals surface area contributed by atoms with E-state index in [1.807, 2.05) is 0 Å². The lowest BCUT2D eigenvalue weighted by Gasteiger charge is -2.12. The van der Waals surface area contributed by atoms with Crippen molar-refractivity contribution in [3.63, 3.8) is 0 Å². The summed E-state index contributed by atoms with van der Waals surface area (Å²) in [5.74, 6) is -2.85. The van der Waals surface area contributed by atoms with Crippen molar-refractivity contribution in [1.82, 2.24) is 5.32 Å². The van der Waals surface area contributed by atoms with Crippen LogP contribution in [0.1, 0.15) is 51.3 Å². The molecule has 8 heteroatoms. The van der Waals surface area contributed by atoms with E-state index in [0.29, 0.717) is 11.1 Å². The van der Waals surface area contributed by atoms with Gasteiger partial charge < -0.3 is 16.4 Å². The maximum absolute atomic E-state index is 13.3. The molecule has 0 spiro atoms. The van der Waals surface area contributed by atoms with Gasteiger partial charge in [-0.05, 0) is 37.5 Å². The molecule has 0 saturated heterocycles. The molecule has 26 heavy (non-hydrogen) atoms. The van der Waals surface area contributed by atoms with E-state index in [2.05, 4.69) is 10.6 Å². The molecule has 1 aromatic heterocycles. The van der Waals surface area contributed by atoms with Crippen molar-refractivity contribution in [2.75, 3.05) is 11.1 Å². The van der Waals surface area contributed by atoms with Crippen LogP contribution >= 0.6 is 11.3 Å². The lowest BCUT2D eigenvalue weighted by Crippen LogP contribution is -2.33. The molecule has 2 aromatic rings. The van der Waals surface area contributed by atoms with Crippen LogP contribution < -0.4 is 16.4 Å². The van der Waals surface area contributed by atoms with Gasteiger partial charge in [-0.25, -0.2) is 8.78 Å². The van der Waals surface area contributed by atoms with Crippen molar-refractivity contribution in [3.8, 4) is 0 Å². The molecule has 4 N–H and O–H groups in total. The average Bonchev–Trinajstić information content (AvgIpc) is 3.18. The molecule has 1 heterocycles. The first-order chi connectivity index (χ1) is 12.4. The van der Waals surface area contributed by atoms with Crippen LogP contribution in [0.3, 0.4) is 0 Å². The number of benzene rings is 1. The summed E-state index contributed by atoms with van der Waals surface area (Å²) in [4.78, 5) is 25.2. The number of nitrogen functional groups attached to an aromatic ring is 1. The molecule has 3 rings (SSSR count). The highest BCUT2D eigenvalue weighted by molar-refractivity contribution is 7.18. The predicted molar refractivity (Wildman–Crippen MR) is 97.5 cm³/mol. The maximum Gasteiger partial charge on any atom is 0.266 e. The van der Waals surface area contributed by atoms with E-state index in [-0.39, 0.29) is 27.5 Å². The second-order valence-electron chi connectivity index (χ2n) is 6.33. The van der Waals surface area contributed by atoms with Crippen molar-refractivity contribution >= 4 is 33.8 Å². The fourth-order valence-corrected chi connectivity index (χ4v) is 4.09. The minimum Gasteiger partial charge on any atom is -0.390 e. The van der Waals surface area contributed by atoms with Gasteiger partial charge in [-0.2, -0.15) is 0 Å². The number of nitrogens with one attached hydrogen (secondary N) is 2. The number of hydrogen-bond donors (Lipinski definition) is 3. The minimum absolute atomic E-state index is 0.122. The van der Waals surface area contributed by atoms with Gasteiger partial charge in [0.15, 0.2) is 11.6 Å². The fraction of sp³-hybridized carbons (Fsp3) is 0.333. The highest BCUT2D eigenvalue weighted by atomic mass is 32.1. The van der Waals surface area contributed by atoms with Crippen LogP contribution in [0.15, 0.2) is 18.2 Å². The van der Waals surface area contributed by atoms with Gasteiger partial charge in [0.25, 0.3) is 11.8 Å². The molecule has 5 nitrogen and oxygen atoms in total. The number of carbonyl (C=O) groups is 2. The molecule has 1 fully saturated rings. The molecule has 1 saturated carbocycles.